The molecule has 31 heavy (non-hydrogen) atoms. The van der Waals surface area contributed by atoms with Crippen molar-refractivity contribution in [2.75, 3.05) is 25.5 Å². The van der Waals surface area contributed by atoms with Crippen LogP contribution < -0.4 is 10.1 Å². The van der Waals surface area contributed by atoms with Gasteiger partial charge in [0.1, 0.15) is 0 Å². The lowest BCUT2D eigenvalue weighted by atomic mass is 10.2. The molecule has 3 rings (SSSR count). The van der Waals surface area contributed by atoms with Gasteiger partial charge in [-0.1, -0.05) is 30.7 Å². The van der Waals surface area contributed by atoms with Gasteiger partial charge in [-0.3, -0.25) is 9.69 Å². The number of halogens is 1. The summed E-state index contributed by atoms with van der Waals surface area (Å²) in [6.07, 6.45) is 0. The summed E-state index contributed by atoms with van der Waals surface area (Å²) >= 11 is 0. The average molecular weight is 425 g/mol. The van der Waals surface area contributed by atoms with Crippen LogP contribution in [0.2, 0.25) is 0 Å². The number of ether oxygens (including phenoxy) is 1. The van der Waals surface area contributed by atoms with Gasteiger partial charge < -0.3 is 10.1 Å². The maximum atomic E-state index is 14.0. The molecule has 0 radical (unpaired) electrons. The third kappa shape index (κ3) is 5.30. The lowest BCUT2D eigenvalue weighted by Crippen LogP contribution is -2.33. The van der Waals surface area contributed by atoms with Crippen molar-refractivity contribution in [2.24, 2.45) is 0 Å². The van der Waals surface area contributed by atoms with Gasteiger partial charge in [0.25, 0.3) is 0 Å². The van der Waals surface area contributed by atoms with Crippen LogP contribution in [-0.2, 0) is 11.3 Å². The molecule has 0 spiro atoms. The predicted molar refractivity (Wildman–Crippen MR) is 120 cm³/mol. The standard InChI is InChI=1S/C24H29FN4O2/c1-6-28(14-19-9-12-22(31-5)21(25)13-19)15-23(30)26-24-17(3)27-29(18(24)4)20-10-7-16(2)8-11-20/h7-13H,6,14-15H2,1-5H3,(H,26,30). The molecule has 7 heteroatoms. The van der Waals surface area contributed by atoms with Gasteiger partial charge >= 0.3 is 0 Å². The Morgan fingerprint density at radius 1 is 1.16 bits per heavy atom. The molecule has 1 amide bonds. The van der Waals surface area contributed by atoms with E-state index in [0.717, 1.165) is 28.3 Å². The van der Waals surface area contributed by atoms with E-state index in [1.165, 1.54) is 18.7 Å². The minimum atomic E-state index is -0.407. The second-order valence-electron chi connectivity index (χ2n) is 7.61. The molecular weight excluding hydrogens is 395 g/mol. The molecule has 0 aliphatic heterocycles. The number of likely N-dealkylation sites (N-methyl/N-ethyl adjacent to an activating group) is 1. The summed E-state index contributed by atoms with van der Waals surface area (Å²) in [5.74, 6) is -0.332. The average Bonchev–Trinajstić information content (AvgIpc) is 3.02. The highest BCUT2D eigenvalue weighted by molar-refractivity contribution is 5.93. The number of hydrogen-bond donors (Lipinski definition) is 1. The Balaban J connectivity index is 1.69. The topological polar surface area (TPSA) is 59.4 Å². The number of methoxy groups -OCH3 is 1. The van der Waals surface area contributed by atoms with E-state index >= 15 is 0 Å². The molecule has 1 heterocycles. The minimum absolute atomic E-state index is 0.134. The second kappa shape index (κ2) is 9.75. The van der Waals surface area contributed by atoms with Crippen molar-refractivity contribution < 1.29 is 13.9 Å². The van der Waals surface area contributed by atoms with Crippen molar-refractivity contribution in [3.63, 3.8) is 0 Å². The number of rotatable bonds is 8. The molecule has 1 aromatic heterocycles. The van der Waals surface area contributed by atoms with Gasteiger partial charge in [0.2, 0.25) is 5.91 Å². The Kier molecular flexibility index (Phi) is 7.07. The summed E-state index contributed by atoms with van der Waals surface area (Å²) in [6.45, 7) is 9.14. The zero-order valence-electron chi connectivity index (χ0n) is 18.7. The molecule has 0 bridgehead atoms. The quantitative estimate of drug-likeness (QED) is 0.582. The van der Waals surface area contributed by atoms with E-state index in [1.54, 1.807) is 6.07 Å². The number of amides is 1. The second-order valence-corrected chi connectivity index (χ2v) is 7.61. The van der Waals surface area contributed by atoms with Crippen molar-refractivity contribution in [3.05, 3.63) is 70.8 Å². The Morgan fingerprint density at radius 2 is 1.87 bits per heavy atom. The van der Waals surface area contributed by atoms with Crippen LogP contribution in [0.25, 0.3) is 5.69 Å². The van der Waals surface area contributed by atoms with E-state index in [-0.39, 0.29) is 18.2 Å². The molecule has 164 valence electrons. The predicted octanol–water partition coefficient (Wildman–Crippen LogP) is 4.41. The summed E-state index contributed by atoms with van der Waals surface area (Å²) < 4.78 is 20.8. The summed E-state index contributed by atoms with van der Waals surface area (Å²) in [5.41, 5.74) is 5.25. The number of hydrogen-bond acceptors (Lipinski definition) is 4. The number of nitrogens with zero attached hydrogens (tertiary/aromatic N) is 3. The third-order valence-electron chi connectivity index (χ3n) is 5.27. The molecular formula is C24H29FN4O2. The number of carbonyl (C=O) groups is 1. The van der Waals surface area contributed by atoms with Gasteiger partial charge in [0.05, 0.1) is 36.4 Å². The Labute approximate surface area is 182 Å². The van der Waals surface area contributed by atoms with E-state index in [2.05, 4.69) is 10.4 Å². The molecule has 2 aromatic carbocycles. The highest BCUT2D eigenvalue weighted by Gasteiger charge is 2.17. The largest absolute Gasteiger partial charge is 0.494 e. The van der Waals surface area contributed by atoms with Gasteiger partial charge in [0, 0.05) is 6.54 Å². The highest BCUT2D eigenvalue weighted by Crippen LogP contribution is 2.23. The summed E-state index contributed by atoms with van der Waals surface area (Å²) in [7, 11) is 1.44. The summed E-state index contributed by atoms with van der Waals surface area (Å²) in [4.78, 5) is 14.7. The Bertz CT molecular complexity index is 1060. The molecule has 1 N–H and O–H groups in total. The van der Waals surface area contributed by atoms with Gasteiger partial charge in [-0.2, -0.15) is 5.10 Å². The Morgan fingerprint density at radius 3 is 2.48 bits per heavy atom. The highest BCUT2D eigenvalue weighted by atomic mass is 19.1. The molecule has 0 fully saturated rings. The first-order chi connectivity index (χ1) is 14.8. The fourth-order valence-corrected chi connectivity index (χ4v) is 3.49. The van der Waals surface area contributed by atoms with Crippen LogP contribution >= 0.6 is 0 Å². The number of aromatic nitrogens is 2. The first kappa shape index (κ1) is 22.5. The monoisotopic (exact) mass is 424 g/mol. The van der Waals surface area contributed by atoms with E-state index in [4.69, 9.17) is 4.74 Å². The van der Waals surface area contributed by atoms with E-state index in [0.29, 0.717) is 13.1 Å². The van der Waals surface area contributed by atoms with E-state index < -0.39 is 5.82 Å². The number of anilines is 1. The number of carbonyl (C=O) groups excluding carboxylic acids is 1. The van der Waals surface area contributed by atoms with Crippen molar-refractivity contribution in [1.29, 1.82) is 0 Å². The number of nitrogens with one attached hydrogen (secondary N) is 1. The van der Waals surface area contributed by atoms with Crippen LogP contribution in [-0.4, -0.2) is 40.8 Å². The summed E-state index contributed by atoms with van der Waals surface area (Å²) in [6, 6.07) is 12.9. The van der Waals surface area contributed by atoms with Crippen molar-refractivity contribution in [2.45, 2.75) is 34.2 Å². The zero-order valence-corrected chi connectivity index (χ0v) is 18.7. The molecule has 0 aliphatic rings. The molecule has 0 unspecified atom stereocenters. The van der Waals surface area contributed by atoms with Gasteiger partial charge in [0.15, 0.2) is 11.6 Å². The fraction of sp³-hybridized carbons (Fsp3) is 0.333. The van der Waals surface area contributed by atoms with Crippen molar-refractivity contribution in [1.82, 2.24) is 14.7 Å². The van der Waals surface area contributed by atoms with E-state index in [1.807, 2.05) is 67.6 Å². The van der Waals surface area contributed by atoms with E-state index in [9.17, 15) is 9.18 Å². The third-order valence-corrected chi connectivity index (χ3v) is 5.27. The van der Waals surface area contributed by atoms with Crippen LogP contribution in [0.5, 0.6) is 5.75 Å². The van der Waals surface area contributed by atoms with Crippen molar-refractivity contribution in [3.8, 4) is 11.4 Å². The van der Waals surface area contributed by atoms with Crippen LogP contribution in [0.3, 0.4) is 0 Å². The maximum absolute atomic E-state index is 14.0. The Hall–Kier alpha value is -3.19. The SMILES string of the molecule is CCN(CC(=O)Nc1c(C)nn(-c2ccc(C)cc2)c1C)Cc1ccc(OC)c(F)c1. The molecule has 0 aliphatic carbocycles. The fourth-order valence-electron chi connectivity index (χ4n) is 3.49. The number of aryl methyl sites for hydroxylation is 2. The zero-order chi connectivity index (χ0) is 22.5. The number of benzene rings is 2. The first-order valence-corrected chi connectivity index (χ1v) is 10.3. The smallest absolute Gasteiger partial charge is 0.238 e. The lowest BCUT2D eigenvalue weighted by molar-refractivity contribution is -0.117. The van der Waals surface area contributed by atoms with Crippen LogP contribution in [0.4, 0.5) is 10.1 Å². The maximum Gasteiger partial charge on any atom is 0.238 e. The molecule has 0 atom stereocenters. The first-order valence-electron chi connectivity index (χ1n) is 10.3. The van der Waals surface area contributed by atoms with Gasteiger partial charge in [-0.25, -0.2) is 9.07 Å². The molecule has 0 saturated heterocycles. The van der Waals surface area contributed by atoms with Gasteiger partial charge in [-0.15, -0.1) is 0 Å². The van der Waals surface area contributed by atoms with Gasteiger partial charge in [-0.05, 0) is 57.1 Å². The van der Waals surface area contributed by atoms with Crippen LogP contribution in [0, 0.1) is 26.6 Å². The molecule has 3 aromatic rings. The van der Waals surface area contributed by atoms with Crippen LogP contribution in [0.15, 0.2) is 42.5 Å². The summed E-state index contributed by atoms with van der Waals surface area (Å²) in [5, 5.41) is 7.59. The van der Waals surface area contributed by atoms with Crippen LogP contribution in [0.1, 0.15) is 29.4 Å². The minimum Gasteiger partial charge on any atom is -0.494 e. The van der Waals surface area contributed by atoms with Crippen molar-refractivity contribution >= 4 is 11.6 Å². The lowest BCUT2D eigenvalue weighted by Gasteiger charge is -2.20. The molecule has 6 nitrogen and oxygen atoms in total. The molecule has 0 saturated carbocycles. The normalized spacial score (nSPS) is 11.1.